The Morgan fingerprint density at radius 2 is 1.81 bits per heavy atom. The number of nitrogens with zero attached hydrogens (tertiary/aromatic N) is 1. The number of fused-ring (bicyclic) bond motifs is 2. The van der Waals surface area contributed by atoms with E-state index in [1.165, 1.54) is 11.3 Å². The molecule has 0 bridgehead atoms. The molecule has 2 aliphatic heterocycles. The molecule has 0 radical (unpaired) electrons. The molecule has 0 saturated carbocycles. The molecule has 0 aliphatic carbocycles. The van der Waals surface area contributed by atoms with Crippen LogP contribution >= 0.6 is 0 Å². The van der Waals surface area contributed by atoms with Gasteiger partial charge in [0.1, 0.15) is 6.04 Å². The lowest BCUT2D eigenvalue weighted by Gasteiger charge is -2.40. The first-order chi connectivity index (χ1) is 13.2. The van der Waals surface area contributed by atoms with Crippen molar-refractivity contribution < 1.29 is 9.53 Å². The molecular weight excluding hydrogens is 338 g/mol. The second-order valence-electron chi connectivity index (χ2n) is 7.61. The molecule has 0 unspecified atom stereocenters. The van der Waals surface area contributed by atoms with Gasteiger partial charge in [0.25, 0.3) is 0 Å². The molecule has 27 heavy (non-hydrogen) atoms. The highest BCUT2D eigenvalue weighted by molar-refractivity contribution is 5.82. The minimum absolute atomic E-state index is 0.00264. The molecule has 1 atom stereocenters. The van der Waals surface area contributed by atoms with E-state index in [1.807, 2.05) is 35.2 Å². The van der Waals surface area contributed by atoms with Crippen molar-refractivity contribution in [2.75, 3.05) is 31.6 Å². The molecule has 3 N–H and O–H groups in total. The smallest absolute Gasteiger partial charge is 0.241 e. The maximum atomic E-state index is 12.7. The number of carbonyl (C=O) groups is 1. The highest BCUT2D eigenvalue weighted by atomic mass is 16.5. The molecule has 2 aliphatic rings. The average Bonchev–Trinajstić information content (AvgIpc) is 3.07. The highest BCUT2D eigenvalue weighted by Gasteiger charge is 2.42. The van der Waals surface area contributed by atoms with E-state index >= 15 is 0 Å². The predicted molar refractivity (Wildman–Crippen MR) is 106 cm³/mol. The van der Waals surface area contributed by atoms with Gasteiger partial charge in [-0.3, -0.25) is 4.79 Å². The Morgan fingerprint density at radius 3 is 2.59 bits per heavy atom. The molecule has 1 spiro atoms. The van der Waals surface area contributed by atoms with Crippen molar-refractivity contribution in [1.29, 1.82) is 0 Å². The summed E-state index contributed by atoms with van der Waals surface area (Å²) in [5.74, 6) is -0.00264. The van der Waals surface area contributed by atoms with E-state index in [1.54, 1.807) is 0 Å². The molecule has 5 nitrogen and oxygen atoms in total. The Hall–Kier alpha value is -2.37. The molecule has 2 aromatic carbocycles. The molecule has 142 valence electrons. The predicted octanol–water partition coefficient (Wildman–Crippen LogP) is 2.52. The lowest BCUT2D eigenvalue weighted by atomic mass is 9.74. The maximum absolute atomic E-state index is 12.7. The zero-order chi connectivity index (χ0) is 18.7. The van der Waals surface area contributed by atoms with Gasteiger partial charge in [-0.05, 0) is 30.0 Å². The number of para-hydroxylation sites is 1. The van der Waals surface area contributed by atoms with Gasteiger partial charge < -0.3 is 20.7 Å². The van der Waals surface area contributed by atoms with Crippen molar-refractivity contribution in [2.24, 2.45) is 5.73 Å². The summed E-state index contributed by atoms with van der Waals surface area (Å²) >= 11 is 0. The molecule has 1 fully saturated rings. The first kappa shape index (κ1) is 18.0. The van der Waals surface area contributed by atoms with Crippen LogP contribution in [0.4, 0.5) is 5.69 Å². The number of amides is 1. The molecule has 5 heteroatoms. The summed E-state index contributed by atoms with van der Waals surface area (Å²) in [5, 5.41) is 3.52. The van der Waals surface area contributed by atoms with E-state index in [0.29, 0.717) is 6.61 Å². The van der Waals surface area contributed by atoms with E-state index in [-0.39, 0.29) is 17.9 Å². The maximum Gasteiger partial charge on any atom is 0.241 e. The summed E-state index contributed by atoms with van der Waals surface area (Å²) in [4.78, 5) is 14.6. The van der Waals surface area contributed by atoms with Crippen LogP contribution in [0.5, 0.6) is 0 Å². The van der Waals surface area contributed by atoms with Gasteiger partial charge in [-0.25, -0.2) is 0 Å². The monoisotopic (exact) mass is 365 g/mol. The van der Waals surface area contributed by atoms with Crippen LogP contribution in [-0.2, 0) is 21.6 Å². The fraction of sp³-hybridized carbons (Fsp3) is 0.409. The molecule has 2 aromatic rings. The van der Waals surface area contributed by atoms with E-state index in [0.717, 1.165) is 38.0 Å². The molecule has 1 amide bonds. The van der Waals surface area contributed by atoms with Crippen LogP contribution in [0.15, 0.2) is 54.6 Å². The fourth-order valence-corrected chi connectivity index (χ4v) is 4.24. The van der Waals surface area contributed by atoms with E-state index in [9.17, 15) is 4.79 Å². The van der Waals surface area contributed by atoms with Gasteiger partial charge in [0.2, 0.25) is 5.91 Å². The van der Waals surface area contributed by atoms with Crippen LogP contribution < -0.4 is 11.1 Å². The van der Waals surface area contributed by atoms with E-state index < -0.39 is 6.04 Å². The highest BCUT2D eigenvalue weighted by Crippen LogP contribution is 2.43. The zero-order valence-electron chi connectivity index (χ0n) is 15.6. The Morgan fingerprint density at radius 1 is 1.11 bits per heavy atom. The van der Waals surface area contributed by atoms with Crippen LogP contribution in [0.1, 0.15) is 24.0 Å². The number of ether oxygens (including phenoxy) is 1. The van der Waals surface area contributed by atoms with Crippen LogP contribution in [0, 0.1) is 0 Å². The topological polar surface area (TPSA) is 67.6 Å². The van der Waals surface area contributed by atoms with Crippen LogP contribution in [0.2, 0.25) is 0 Å². The largest absolute Gasteiger partial charge is 0.384 e. The minimum Gasteiger partial charge on any atom is -0.384 e. The van der Waals surface area contributed by atoms with Crippen molar-refractivity contribution in [3.05, 3.63) is 65.7 Å². The summed E-state index contributed by atoms with van der Waals surface area (Å²) in [5.41, 5.74) is 9.98. The number of benzene rings is 2. The first-order valence-corrected chi connectivity index (χ1v) is 9.67. The number of anilines is 1. The molecule has 0 aromatic heterocycles. The van der Waals surface area contributed by atoms with Gasteiger partial charge in [-0.15, -0.1) is 0 Å². The normalized spacial score (nSPS) is 18.8. The Balaban J connectivity index is 1.28. The minimum atomic E-state index is -0.600. The van der Waals surface area contributed by atoms with Crippen molar-refractivity contribution in [2.45, 2.75) is 30.9 Å². The number of hydrogen-bond donors (Lipinski definition) is 2. The van der Waals surface area contributed by atoms with Gasteiger partial charge in [0.05, 0.1) is 13.2 Å². The van der Waals surface area contributed by atoms with Gasteiger partial charge in [0.15, 0.2) is 0 Å². The third kappa shape index (κ3) is 3.70. The van der Waals surface area contributed by atoms with Gasteiger partial charge in [-0.2, -0.15) is 0 Å². The summed E-state index contributed by atoms with van der Waals surface area (Å²) in [6, 6.07) is 17.9. The number of nitrogens with two attached hydrogens (primary N) is 1. The third-order valence-electron chi connectivity index (χ3n) is 5.87. The molecule has 2 heterocycles. The van der Waals surface area contributed by atoms with Crippen molar-refractivity contribution in [3.63, 3.8) is 0 Å². The Bertz CT molecular complexity index is 785. The van der Waals surface area contributed by atoms with Crippen molar-refractivity contribution in [3.8, 4) is 0 Å². The lowest BCUT2D eigenvalue weighted by molar-refractivity contribution is -0.135. The summed E-state index contributed by atoms with van der Waals surface area (Å²) in [6.07, 6.45) is 1.95. The van der Waals surface area contributed by atoms with Gasteiger partial charge in [0, 0.05) is 30.7 Å². The third-order valence-corrected chi connectivity index (χ3v) is 5.87. The van der Waals surface area contributed by atoms with Gasteiger partial charge in [-0.1, -0.05) is 48.5 Å². The number of carbonyl (C=O) groups excluding carboxylic acids is 1. The number of nitrogens with one attached hydrogen (secondary N) is 1. The van der Waals surface area contributed by atoms with Crippen molar-refractivity contribution >= 4 is 11.6 Å². The standard InChI is InChI=1S/C22H27N3O2/c23-19(15-27-14-17-6-2-1-3-7-17)21(26)25-12-10-22(11-13-25)16-24-20-9-5-4-8-18(20)22/h1-9,19,24H,10-16,23H2/t19-/m1/s1. The Labute approximate surface area is 160 Å². The first-order valence-electron chi connectivity index (χ1n) is 9.67. The Kier molecular flexibility index (Phi) is 5.14. The number of hydrogen-bond acceptors (Lipinski definition) is 4. The summed E-state index contributed by atoms with van der Waals surface area (Å²) in [6.45, 7) is 3.19. The van der Waals surface area contributed by atoms with Gasteiger partial charge >= 0.3 is 0 Å². The molecule has 1 saturated heterocycles. The zero-order valence-corrected chi connectivity index (χ0v) is 15.6. The molecule has 4 rings (SSSR count). The lowest BCUT2D eigenvalue weighted by Crippen LogP contribution is -2.52. The summed E-state index contributed by atoms with van der Waals surface area (Å²) in [7, 11) is 0. The second kappa shape index (κ2) is 7.71. The van der Waals surface area contributed by atoms with Crippen LogP contribution in [-0.4, -0.2) is 43.1 Å². The summed E-state index contributed by atoms with van der Waals surface area (Å²) < 4.78 is 5.65. The number of likely N-dealkylation sites (tertiary alicyclic amines) is 1. The van der Waals surface area contributed by atoms with E-state index in [4.69, 9.17) is 10.5 Å². The van der Waals surface area contributed by atoms with E-state index in [2.05, 4.69) is 29.6 Å². The SMILES string of the molecule is N[C@H](COCc1ccccc1)C(=O)N1CCC2(CC1)CNc1ccccc12. The fourth-order valence-electron chi connectivity index (χ4n) is 4.24. The number of rotatable bonds is 5. The van der Waals surface area contributed by atoms with Crippen molar-refractivity contribution in [1.82, 2.24) is 4.90 Å². The van der Waals surface area contributed by atoms with Crippen LogP contribution in [0.25, 0.3) is 0 Å². The number of piperidine rings is 1. The quantitative estimate of drug-likeness (QED) is 0.854. The second-order valence-corrected chi connectivity index (χ2v) is 7.61. The average molecular weight is 365 g/mol. The molecular formula is C22H27N3O2. The van der Waals surface area contributed by atoms with Crippen LogP contribution in [0.3, 0.4) is 0 Å².